The van der Waals surface area contributed by atoms with Crippen LogP contribution in [0.4, 0.5) is 36.8 Å². The van der Waals surface area contributed by atoms with Gasteiger partial charge in [0.25, 0.3) is 0 Å². The maximum absolute atomic E-state index is 12.9. The number of carbonyl (C=O) groups is 1. The van der Waals surface area contributed by atoms with Crippen LogP contribution in [0.1, 0.15) is 11.1 Å². The molecule has 1 heterocycles. The van der Waals surface area contributed by atoms with E-state index >= 15 is 0 Å². The SMILES string of the molecule is COC(=O)N1CCN(c2cc(C(F)(F)F)cc(C(F)(F)F)c2)S1(=O)=O. The molecule has 0 atom stereocenters. The van der Waals surface area contributed by atoms with Crippen molar-refractivity contribution >= 4 is 22.0 Å². The Morgan fingerprint density at radius 3 is 1.88 bits per heavy atom. The van der Waals surface area contributed by atoms with E-state index in [0.29, 0.717) is 0 Å². The van der Waals surface area contributed by atoms with E-state index in [4.69, 9.17) is 0 Å². The van der Waals surface area contributed by atoms with Gasteiger partial charge in [-0.05, 0) is 18.2 Å². The van der Waals surface area contributed by atoms with Gasteiger partial charge in [0.15, 0.2) is 0 Å². The molecule has 0 bridgehead atoms. The summed E-state index contributed by atoms with van der Waals surface area (Å²) in [6, 6.07) is 0.422. The van der Waals surface area contributed by atoms with Crippen LogP contribution in [0.25, 0.3) is 0 Å². The van der Waals surface area contributed by atoms with Gasteiger partial charge in [0.2, 0.25) is 0 Å². The molecule has 1 amide bonds. The quantitative estimate of drug-likeness (QED) is 0.690. The summed E-state index contributed by atoms with van der Waals surface area (Å²) in [4.78, 5) is 11.4. The first kappa shape index (κ1) is 19.1. The topological polar surface area (TPSA) is 66.9 Å². The van der Waals surface area contributed by atoms with Gasteiger partial charge in [0.05, 0.1) is 37.0 Å². The van der Waals surface area contributed by atoms with Gasteiger partial charge in [0, 0.05) is 0 Å². The largest absolute Gasteiger partial charge is 0.452 e. The Balaban J connectivity index is 2.58. The van der Waals surface area contributed by atoms with Crippen LogP contribution in [0.3, 0.4) is 0 Å². The van der Waals surface area contributed by atoms with Crippen molar-refractivity contribution in [3.63, 3.8) is 0 Å². The molecule has 6 nitrogen and oxygen atoms in total. The Kier molecular flexibility index (Phi) is 4.57. The Hall–Kier alpha value is -2.18. The Morgan fingerprint density at radius 1 is 1.00 bits per heavy atom. The number of nitrogens with zero attached hydrogens (tertiary/aromatic N) is 2. The molecule has 0 aromatic heterocycles. The van der Waals surface area contributed by atoms with Crippen molar-refractivity contribution < 1.29 is 44.3 Å². The standard InChI is InChI=1S/C12H10F6N2O4S/c1-24-10(21)20-3-2-19(25(20,22)23)9-5-7(11(13,14)15)4-8(6-9)12(16,17)18/h4-6H,2-3H2,1H3. The monoisotopic (exact) mass is 392 g/mol. The number of halogens is 6. The zero-order valence-corrected chi connectivity index (χ0v) is 13.2. The zero-order chi connectivity index (χ0) is 19.2. The number of ether oxygens (including phenoxy) is 1. The maximum Gasteiger partial charge on any atom is 0.424 e. The summed E-state index contributed by atoms with van der Waals surface area (Å²) in [6.45, 7) is -0.997. The smallest absolute Gasteiger partial charge is 0.424 e. The van der Waals surface area contributed by atoms with Gasteiger partial charge in [-0.2, -0.15) is 39.1 Å². The lowest BCUT2D eigenvalue weighted by Gasteiger charge is -2.21. The van der Waals surface area contributed by atoms with Crippen molar-refractivity contribution in [3.05, 3.63) is 29.3 Å². The van der Waals surface area contributed by atoms with Gasteiger partial charge in [-0.25, -0.2) is 4.79 Å². The van der Waals surface area contributed by atoms with Crippen LogP contribution in [-0.4, -0.2) is 39.0 Å². The fourth-order valence-corrected chi connectivity index (χ4v) is 3.66. The van der Waals surface area contributed by atoms with Gasteiger partial charge in [-0.3, -0.25) is 4.31 Å². The fourth-order valence-electron chi connectivity index (χ4n) is 2.16. The fraction of sp³-hybridized carbons (Fsp3) is 0.417. The van der Waals surface area contributed by atoms with E-state index in [1.807, 2.05) is 0 Å². The Morgan fingerprint density at radius 2 is 1.48 bits per heavy atom. The van der Waals surface area contributed by atoms with Gasteiger partial charge >= 0.3 is 28.7 Å². The third-order valence-corrected chi connectivity index (χ3v) is 5.14. The van der Waals surface area contributed by atoms with Crippen molar-refractivity contribution in [1.29, 1.82) is 0 Å². The van der Waals surface area contributed by atoms with Crippen molar-refractivity contribution in [2.45, 2.75) is 12.4 Å². The molecule has 1 aromatic rings. The number of anilines is 1. The molecular formula is C12H10F6N2O4S. The second-order valence-electron chi connectivity index (χ2n) is 4.89. The summed E-state index contributed by atoms with van der Waals surface area (Å²) < 4.78 is 106. The van der Waals surface area contributed by atoms with Crippen LogP contribution in [-0.2, 0) is 27.3 Å². The molecule has 0 spiro atoms. The Labute approximate surface area is 137 Å². The van der Waals surface area contributed by atoms with Crippen LogP contribution in [0.5, 0.6) is 0 Å². The van der Waals surface area contributed by atoms with Crippen LogP contribution < -0.4 is 4.31 Å². The van der Waals surface area contributed by atoms with Crippen molar-refractivity contribution in [1.82, 2.24) is 4.31 Å². The van der Waals surface area contributed by atoms with E-state index in [2.05, 4.69) is 4.74 Å². The number of amides is 1. The van der Waals surface area contributed by atoms with Crippen molar-refractivity contribution in [3.8, 4) is 0 Å². The molecule has 140 valence electrons. The molecule has 0 saturated carbocycles. The molecule has 0 radical (unpaired) electrons. The minimum absolute atomic E-state index is 0.121. The van der Waals surface area contributed by atoms with E-state index in [-0.39, 0.29) is 26.8 Å². The molecule has 0 N–H and O–H groups in total. The molecule has 25 heavy (non-hydrogen) atoms. The number of alkyl halides is 6. The summed E-state index contributed by atoms with van der Waals surface area (Å²) in [5.74, 6) is 0. The number of methoxy groups -OCH3 is 1. The van der Waals surface area contributed by atoms with Crippen LogP contribution in [0, 0.1) is 0 Å². The average Bonchev–Trinajstić information content (AvgIpc) is 2.79. The van der Waals surface area contributed by atoms with E-state index in [1.165, 1.54) is 0 Å². The summed E-state index contributed by atoms with van der Waals surface area (Å²) in [6.07, 6.45) is -11.5. The first-order chi connectivity index (χ1) is 11.3. The molecular weight excluding hydrogens is 382 g/mol. The molecule has 1 aliphatic heterocycles. The highest BCUT2D eigenvalue weighted by atomic mass is 32.2. The lowest BCUT2D eigenvalue weighted by atomic mass is 10.1. The highest BCUT2D eigenvalue weighted by Gasteiger charge is 2.43. The van der Waals surface area contributed by atoms with Gasteiger partial charge in [0.1, 0.15) is 0 Å². The van der Waals surface area contributed by atoms with Gasteiger partial charge in [-0.15, -0.1) is 0 Å². The lowest BCUT2D eigenvalue weighted by molar-refractivity contribution is -0.143. The summed E-state index contributed by atoms with van der Waals surface area (Å²) in [5, 5.41) is 0. The van der Waals surface area contributed by atoms with Gasteiger partial charge < -0.3 is 4.74 Å². The Bertz CT molecular complexity index is 758. The predicted octanol–water partition coefficient (Wildman–Crippen LogP) is 2.86. The van der Waals surface area contributed by atoms with Crippen molar-refractivity contribution in [2.24, 2.45) is 0 Å². The molecule has 0 unspecified atom stereocenters. The van der Waals surface area contributed by atoms with Crippen LogP contribution in [0.15, 0.2) is 18.2 Å². The number of hydrogen-bond donors (Lipinski definition) is 0. The average molecular weight is 392 g/mol. The third-order valence-electron chi connectivity index (χ3n) is 3.30. The second-order valence-corrected chi connectivity index (χ2v) is 6.66. The number of rotatable bonds is 1. The number of benzene rings is 1. The summed E-state index contributed by atoms with van der Waals surface area (Å²) in [5.41, 5.74) is -4.18. The molecule has 2 rings (SSSR count). The molecule has 1 fully saturated rings. The van der Waals surface area contributed by atoms with Crippen molar-refractivity contribution in [2.75, 3.05) is 24.5 Å². The third kappa shape index (κ3) is 3.60. The van der Waals surface area contributed by atoms with E-state index in [0.717, 1.165) is 7.11 Å². The maximum atomic E-state index is 12.9. The highest BCUT2D eigenvalue weighted by Crippen LogP contribution is 2.39. The minimum Gasteiger partial charge on any atom is -0.452 e. The predicted molar refractivity (Wildman–Crippen MR) is 71.8 cm³/mol. The molecule has 0 aliphatic carbocycles. The van der Waals surface area contributed by atoms with E-state index < -0.39 is 58.6 Å². The lowest BCUT2D eigenvalue weighted by Crippen LogP contribution is -2.37. The first-order valence-corrected chi connectivity index (χ1v) is 7.86. The second kappa shape index (κ2) is 5.97. The zero-order valence-electron chi connectivity index (χ0n) is 12.3. The van der Waals surface area contributed by atoms with Crippen LogP contribution in [0.2, 0.25) is 0 Å². The molecule has 1 aromatic carbocycles. The van der Waals surface area contributed by atoms with Gasteiger partial charge in [-0.1, -0.05) is 0 Å². The summed E-state index contributed by atoms with van der Waals surface area (Å²) in [7, 11) is -3.78. The summed E-state index contributed by atoms with van der Waals surface area (Å²) >= 11 is 0. The number of carbonyl (C=O) groups excluding carboxylic acids is 1. The molecule has 1 saturated heterocycles. The van der Waals surface area contributed by atoms with E-state index in [9.17, 15) is 39.6 Å². The highest BCUT2D eigenvalue weighted by molar-refractivity contribution is 7.91. The molecule has 13 heteroatoms. The molecule has 1 aliphatic rings. The van der Waals surface area contributed by atoms with Crippen LogP contribution >= 0.6 is 0 Å². The minimum atomic E-state index is -5.12. The van der Waals surface area contributed by atoms with E-state index in [1.54, 1.807) is 0 Å². The normalized spacial score (nSPS) is 17.7. The number of hydrogen-bond acceptors (Lipinski definition) is 4. The first-order valence-electron chi connectivity index (χ1n) is 6.46.